The minimum absolute atomic E-state index is 0.200. The largest absolute Gasteiger partial charge is 0.478 e. The maximum absolute atomic E-state index is 11.0. The van der Waals surface area contributed by atoms with Crippen molar-refractivity contribution in [1.29, 1.82) is 5.26 Å². The van der Waals surface area contributed by atoms with Gasteiger partial charge in [-0.25, -0.2) is 9.78 Å². The molecule has 4 rings (SSSR count). The Bertz CT molecular complexity index is 1050. The van der Waals surface area contributed by atoms with E-state index in [2.05, 4.69) is 11.1 Å². The van der Waals surface area contributed by atoms with Crippen LogP contribution in [0.4, 0.5) is 0 Å². The lowest BCUT2D eigenvalue weighted by Crippen LogP contribution is -2.11. The van der Waals surface area contributed by atoms with E-state index in [4.69, 9.17) is 14.3 Å². The van der Waals surface area contributed by atoms with Gasteiger partial charge in [-0.1, -0.05) is 12.1 Å². The lowest BCUT2D eigenvalue weighted by Gasteiger charge is -2.21. The van der Waals surface area contributed by atoms with Crippen LogP contribution in [0.2, 0.25) is 0 Å². The maximum Gasteiger partial charge on any atom is 0.335 e. The number of pyridine rings is 1. The number of furan rings is 1. The Hall–Kier alpha value is -3.59. The van der Waals surface area contributed by atoms with E-state index in [0.717, 1.165) is 53.6 Å². The quantitative estimate of drug-likeness (QED) is 0.712. The van der Waals surface area contributed by atoms with Crippen LogP contribution in [0.1, 0.15) is 45.6 Å². The molecule has 28 heavy (non-hydrogen) atoms. The Morgan fingerprint density at radius 1 is 1.21 bits per heavy atom. The van der Waals surface area contributed by atoms with Crippen molar-refractivity contribution in [1.82, 2.24) is 4.98 Å². The lowest BCUT2D eigenvalue weighted by atomic mass is 9.87. The third-order valence-corrected chi connectivity index (χ3v) is 4.94. The molecule has 0 atom stereocenters. The van der Waals surface area contributed by atoms with Gasteiger partial charge in [-0.15, -0.1) is 0 Å². The Labute approximate surface area is 162 Å². The molecule has 0 saturated carbocycles. The van der Waals surface area contributed by atoms with Crippen LogP contribution in [0.5, 0.6) is 5.88 Å². The number of fused-ring (bicyclic) bond motifs is 1. The van der Waals surface area contributed by atoms with Crippen LogP contribution in [-0.2, 0) is 19.4 Å². The van der Waals surface area contributed by atoms with Crippen LogP contribution in [0.3, 0.4) is 0 Å². The van der Waals surface area contributed by atoms with Crippen molar-refractivity contribution in [2.75, 3.05) is 0 Å². The number of aromatic nitrogens is 1. The summed E-state index contributed by atoms with van der Waals surface area (Å²) in [6.45, 7) is 0.200. The molecule has 0 aliphatic heterocycles. The minimum Gasteiger partial charge on any atom is -0.478 e. The highest BCUT2D eigenvalue weighted by Crippen LogP contribution is 2.37. The summed E-state index contributed by atoms with van der Waals surface area (Å²) in [5.74, 6) is -0.665. The Morgan fingerprint density at radius 2 is 2.00 bits per heavy atom. The van der Waals surface area contributed by atoms with Crippen LogP contribution in [0.25, 0.3) is 11.1 Å². The van der Waals surface area contributed by atoms with E-state index in [9.17, 15) is 10.1 Å². The number of hydrogen-bond donors (Lipinski definition) is 1. The number of hydrogen-bond acceptors (Lipinski definition) is 5. The molecule has 1 aliphatic carbocycles. The third kappa shape index (κ3) is 3.35. The number of aromatic carboxylic acids is 1. The van der Waals surface area contributed by atoms with Gasteiger partial charge in [0.2, 0.25) is 5.88 Å². The summed E-state index contributed by atoms with van der Waals surface area (Å²) in [5.41, 5.74) is 5.20. The fourth-order valence-electron chi connectivity index (χ4n) is 3.55. The van der Waals surface area contributed by atoms with Crippen molar-refractivity contribution < 1.29 is 19.1 Å². The number of carboxylic acids is 1. The first-order chi connectivity index (χ1) is 13.7. The van der Waals surface area contributed by atoms with E-state index in [1.165, 1.54) is 12.1 Å². The number of carbonyl (C=O) groups is 1. The average molecular weight is 374 g/mol. The highest BCUT2D eigenvalue weighted by Gasteiger charge is 2.24. The molecule has 0 amide bonds. The summed E-state index contributed by atoms with van der Waals surface area (Å²) in [6.07, 6.45) is 7.10. The zero-order valence-corrected chi connectivity index (χ0v) is 15.1. The van der Waals surface area contributed by atoms with Crippen molar-refractivity contribution in [3.8, 4) is 23.1 Å². The van der Waals surface area contributed by atoms with E-state index in [0.29, 0.717) is 11.4 Å². The van der Waals surface area contributed by atoms with Crippen molar-refractivity contribution in [3.05, 3.63) is 70.8 Å². The lowest BCUT2D eigenvalue weighted by molar-refractivity contribution is 0.0697. The predicted molar refractivity (Wildman–Crippen MR) is 101 cm³/mol. The molecule has 6 heteroatoms. The molecule has 0 spiro atoms. The van der Waals surface area contributed by atoms with Crippen molar-refractivity contribution in [2.45, 2.75) is 32.3 Å². The normalized spacial score (nSPS) is 12.8. The van der Waals surface area contributed by atoms with Gasteiger partial charge in [0.25, 0.3) is 0 Å². The smallest absolute Gasteiger partial charge is 0.335 e. The molecule has 0 fully saturated rings. The van der Waals surface area contributed by atoms with Crippen molar-refractivity contribution >= 4 is 5.97 Å². The molecule has 0 bridgehead atoms. The van der Waals surface area contributed by atoms with Gasteiger partial charge in [0.1, 0.15) is 18.2 Å². The van der Waals surface area contributed by atoms with Crippen molar-refractivity contribution in [2.24, 2.45) is 0 Å². The first-order valence-electron chi connectivity index (χ1n) is 9.11. The predicted octanol–water partition coefficient (Wildman–Crippen LogP) is 4.37. The summed E-state index contributed by atoms with van der Waals surface area (Å²) < 4.78 is 11.1. The average Bonchev–Trinajstić information content (AvgIpc) is 3.25. The molecule has 2 aromatic heterocycles. The topological polar surface area (TPSA) is 96.3 Å². The van der Waals surface area contributed by atoms with Crippen LogP contribution >= 0.6 is 0 Å². The highest BCUT2D eigenvalue weighted by molar-refractivity contribution is 5.87. The monoisotopic (exact) mass is 374 g/mol. The van der Waals surface area contributed by atoms with E-state index < -0.39 is 5.97 Å². The third-order valence-electron chi connectivity index (χ3n) is 4.94. The standard InChI is InChI=1S/C22H18N2O4/c23-11-18-20(16-9-10-27-13-16)17-3-1-2-4-19(17)24-21(18)28-12-14-5-7-15(8-6-14)22(25)26/h5-10,13H,1-4,12H2,(H,25,26). The van der Waals surface area contributed by atoms with Gasteiger partial charge in [0.15, 0.2) is 0 Å². The molecule has 2 heterocycles. The van der Waals surface area contributed by atoms with Gasteiger partial charge in [0, 0.05) is 16.8 Å². The van der Waals surface area contributed by atoms with E-state index >= 15 is 0 Å². The second-order valence-corrected chi connectivity index (χ2v) is 6.71. The van der Waals surface area contributed by atoms with Gasteiger partial charge >= 0.3 is 5.97 Å². The molecule has 140 valence electrons. The van der Waals surface area contributed by atoms with Gasteiger partial charge in [-0.3, -0.25) is 0 Å². The number of nitriles is 1. The molecule has 1 aliphatic rings. The SMILES string of the molecule is N#Cc1c(OCc2ccc(C(=O)O)cc2)nc2c(c1-c1ccoc1)CCCC2. The molecule has 6 nitrogen and oxygen atoms in total. The van der Waals surface area contributed by atoms with E-state index in [1.807, 2.05) is 6.07 Å². The van der Waals surface area contributed by atoms with Crippen molar-refractivity contribution in [3.63, 3.8) is 0 Å². The van der Waals surface area contributed by atoms with Crippen LogP contribution in [0, 0.1) is 11.3 Å². The Morgan fingerprint density at radius 3 is 2.68 bits per heavy atom. The van der Waals surface area contributed by atoms with Gasteiger partial charge in [-0.05, 0) is 55.0 Å². The molecule has 1 N–H and O–H groups in total. The number of nitrogens with zero attached hydrogens (tertiary/aromatic N) is 2. The van der Waals surface area contributed by atoms with E-state index in [1.54, 1.807) is 24.7 Å². The number of aryl methyl sites for hydroxylation is 1. The summed E-state index contributed by atoms with van der Waals surface area (Å²) in [7, 11) is 0. The maximum atomic E-state index is 11.0. The molecule has 0 radical (unpaired) electrons. The van der Waals surface area contributed by atoms with Crippen LogP contribution in [0.15, 0.2) is 47.3 Å². The fraction of sp³-hybridized carbons (Fsp3) is 0.227. The minimum atomic E-state index is -0.972. The van der Waals surface area contributed by atoms with Crippen LogP contribution < -0.4 is 4.74 Å². The second kappa shape index (κ2) is 7.57. The van der Waals surface area contributed by atoms with Gasteiger partial charge < -0.3 is 14.3 Å². The summed E-state index contributed by atoms with van der Waals surface area (Å²) in [4.78, 5) is 15.6. The fourth-order valence-corrected chi connectivity index (χ4v) is 3.55. The number of ether oxygens (including phenoxy) is 1. The van der Waals surface area contributed by atoms with Crippen LogP contribution in [-0.4, -0.2) is 16.1 Å². The number of carboxylic acid groups (broad SMARTS) is 1. The zero-order valence-electron chi connectivity index (χ0n) is 15.1. The molecule has 0 saturated heterocycles. The summed E-state index contributed by atoms with van der Waals surface area (Å²) in [5, 5.41) is 18.8. The first-order valence-corrected chi connectivity index (χ1v) is 9.11. The molecule has 1 aromatic carbocycles. The van der Waals surface area contributed by atoms with E-state index in [-0.39, 0.29) is 12.2 Å². The zero-order chi connectivity index (χ0) is 19.5. The molecule has 3 aromatic rings. The molecule has 0 unspecified atom stereocenters. The molecular weight excluding hydrogens is 356 g/mol. The van der Waals surface area contributed by atoms with Gasteiger partial charge in [0.05, 0.1) is 18.1 Å². The first kappa shape index (κ1) is 17.8. The second-order valence-electron chi connectivity index (χ2n) is 6.71. The number of benzene rings is 1. The Kier molecular flexibility index (Phi) is 4.81. The highest BCUT2D eigenvalue weighted by atomic mass is 16.5. The summed E-state index contributed by atoms with van der Waals surface area (Å²) >= 11 is 0. The van der Waals surface area contributed by atoms with Gasteiger partial charge in [-0.2, -0.15) is 5.26 Å². The molecular formula is C22H18N2O4. The number of rotatable bonds is 5. The Balaban J connectivity index is 1.70. The summed E-state index contributed by atoms with van der Waals surface area (Å²) in [6, 6.07) is 10.6.